The van der Waals surface area contributed by atoms with E-state index in [9.17, 15) is 0 Å². The van der Waals surface area contributed by atoms with Gasteiger partial charge in [-0.1, -0.05) is 18.5 Å². The van der Waals surface area contributed by atoms with Gasteiger partial charge in [-0.25, -0.2) is 4.98 Å². The van der Waals surface area contributed by atoms with Crippen LogP contribution in [-0.2, 0) is 0 Å². The summed E-state index contributed by atoms with van der Waals surface area (Å²) < 4.78 is 5.16. The number of rotatable bonds is 3. The van der Waals surface area contributed by atoms with Gasteiger partial charge in [-0.2, -0.15) is 15.5 Å². The molecule has 0 unspecified atom stereocenters. The van der Waals surface area contributed by atoms with E-state index in [1.807, 2.05) is 6.92 Å². The zero-order chi connectivity index (χ0) is 11.3. The first kappa shape index (κ1) is 11.2. The predicted octanol–water partition coefficient (Wildman–Crippen LogP) is 1.66. The zero-order valence-electron chi connectivity index (χ0n) is 7.99. The van der Waals surface area contributed by atoms with Crippen molar-refractivity contribution >= 4 is 11.6 Å². The summed E-state index contributed by atoms with van der Waals surface area (Å²) in [5.74, 6) is 0.0917. The molecule has 0 fully saturated rings. The fraction of sp³-hybridized carbons (Fsp3) is 0.333. The second kappa shape index (κ2) is 5.14. The van der Waals surface area contributed by atoms with Crippen molar-refractivity contribution in [2.75, 3.05) is 6.61 Å². The summed E-state index contributed by atoms with van der Waals surface area (Å²) >= 11 is 5.71. The molecular formula is C9H7ClN4O. The summed E-state index contributed by atoms with van der Waals surface area (Å²) in [6.45, 7) is 2.36. The summed E-state index contributed by atoms with van der Waals surface area (Å²) in [4.78, 5) is 7.51. The number of hydrogen-bond donors (Lipinski definition) is 0. The van der Waals surface area contributed by atoms with Crippen LogP contribution in [0.5, 0.6) is 5.88 Å². The second-order valence-electron chi connectivity index (χ2n) is 2.59. The second-order valence-corrected chi connectivity index (χ2v) is 2.95. The summed E-state index contributed by atoms with van der Waals surface area (Å²) in [6, 6.07) is 3.49. The monoisotopic (exact) mass is 222 g/mol. The molecule has 0 aromatic carbocycles. The van der Waals surface area contributed by atoms with Gasteiger partial charge in [-0.15, -0.1) is 0 Å². The van der Waals surface area contributed by atoms with Crippen LogP contribution in [0, 0.1) is 22.7 Å². The van der Waals surface area contributed by atoms with E-state index in [1.54, 1.807) is 12.1 Å². The minimum absolute atomic E-state index is 0.000926. The number of aromatic nitrogens is 2. The molecule has 1 heterocycles. The van der Waals surface area contributed by atoms with Gasteiger partial charge in [0, 0.05) is 0 Å². The largest absolute Gasteiger partial charge is 0.475 e. The van der Waals surface area contributed by atoms with E-state index in [-0.39, 0.29) is 22.4 Å². The highest BCUT2D eigenvalue weighted by molar-refractivity contribution is 6.30. The Bertz CT molecular complexity index is 447. The molecule has 0 atom stereocenters. The standard InChI is InChI=1S/C9H7ClN4O/c1-2-3-15-9-8(10)13-6(4-11)7(5-12)14-9/h2-3H2,1H3. The molecule has 0 saturated heterocycles. The predicted molar refractivity (Wildman–Crippen MR) is 52.3 cm³/mol. The van der Waals surface area contributed by atoms with Gasteiger partial charge in [0.25, 0.3) is 5.88 Å². The molecule has 0 bridgehead atoms. The highest BCUT2D eigenvalue weighted by Gasteiger charge is 2.12. The third kappa shape index (κ3) is 2.55. The molecular weight excluding hydrogens is 216 g/mol. The van der Waals surface area contributed by atoms with Crippen LogP contribution in [0.4, 0.5) is 0 Å². The van der Waals surface area contributed by atoms with Crippen LogP contribution in [0.15, 0.2) is 0 Å². The van der Waals surface area contributed by atoms with Gasteiger partial charge in [-0.3, -0.25) is 0 Å². The lowest BCUT2D eigenvalue weighted by Gasteiger charge is -2.05. The van der Waals surface area contributed by atoms with E-state index in [0.717, 1.165) is 6.42 Å². The maximum Gasteiger partial charge on any atom is 0.253 e. The SMILES string of the molecule is CCCOc1nc(C#N)c(C#N)nc1Cl. The Morgan fingerprint density at radius 2 is 1.87 bits per heavy atom. The van der Waals surface area contributed by atoms with Gasteiger partial charge >= 0.3 is 0 Å². The maximum atomic E-state index is 8.69. The summed E-state index contributed by atoms with van der Waals surface area (Å²) in [5, 5.41) is 17.3. The Morgan fingerprint density at radius 1 is 1.27 bits per heavy atom. The molecule has 6 heteroatoms. The van der Waals surface area contributed by atoms with E-state index < -0.39 is 0 Å². The number of halogens is 1. The average Bonchev–Trinajstić information content (AvgIpc) is 2.27. The Hall–Kier alpha value is -1.85. The maximum absolute atomic E-state index is 8.69. The van der Waals surface area contributed by atoms with Crippen LogP contribution in [-0.4, -0.2) is 16.6 Å². The first-order chi connectivity index (χ1) is 7.22. The third-order valence-corrected chi connectivity index (χ3v) is 1.72. The number of nitriles is 2. The molecule has 15 heavy (non-hydrogen) atoms. The number of hydrogen-bond acceptors (Lipinski definition) is 5. The van der Waals surface area contributed by atoms with Crippen molar-refractivity contribution in [2.24, 2.45) is 0 Å². The Kier molecular flexibility index (Phi) is 3.84. The minimum atomic E-state index is -0.0913. The normalized spacial score (nSPS) is 9.07. The van der Waals surface area contributed by atoms with Gasteiger partial charge < -0.3 is 4.74 Å². The number of ether oxygens (including phenoxy) is 1. The van der Waals surface area contributed by atoms with Crippen molar-refractivity contribution in [1.82, 2.24) is 9.97 Å². The Labute approximate surface area is 91.9 Å². The molecule has 0 saturated carbocycles. The highest BCUT2D eigenvalue weighted by Crippen LogP contribution is 2.20. The molecule has 0 amide bonds. The summed E-state index contributed by atoms with van der Waals surface area (Å²) in [6.07, 6.45) is 0.792. The molecule has 1 aromatic heterocycles. The van der Waals surface area contributed by atoms with Crippen LogP contribution in [0.2, 0.25) is 5.15 Å². The van der Waals surface area contributed by atoms with Crippen molar-refractivity contribution in [3.63, 3.8) is 0 Å². The fourth-order valence-corrected chi connectivity index (χ4v) is 1.03. The van der Waals surface area contributed by atoms with Gasteiger partial charge in [0.1, 0.15) is 12.1 Å². The lowest BCUT2D eigenvalue weighted by molar-refractivity contribution is 0.303. The van der Waals surface area contributed by atoms with Crippen LogP contribution in [0.25, 0.3) is 0 Å². The van der Waals surface area contributed by atoms with Crippen molar-refractivity contribution in [2.45, 2.75) is 13.3 Å². The molecule has 1 aromatic rings. The van der Waals surface area contributed by atoms with E-state index in [1.165, 1.54) is 0 Å². The minimum Gasteiger partial charge on any atom is -0.475 e. The Balaban J connectivity index is 3.11. The first-order valence-corrected chi connectivity index (χ1v) is 4.61. The van der Waals surface area contributed by atoms with Crippen molar-refractivity contribution in [1.29, 1.82) is 10.5 Å². The number of nitrogens with zero attached hydrogens (tertiary/aromatic N) is 4. The van der Waals surface area contributed by atoms with Gasteiger partial charge in [0.2, 0.25) is 0 Å². The third-order valence-electron chi connectivity index (χ3n) is 1.48. The average molecular weight is 223 g/mol. The molecule has 1 rings (SSSR count). The van der Waals surface area contributed by atoms with Crippen LogP contribution >= 0.6 is 11.6 Å². The highest BCUT2D eigenvalue weighted by atomic mass is 35.5. The quantitative estimate of drug-likeness (QED) is 0.777. The van der Waals surface area contributed by atoms with E-state index in [2.05, 4.69) is 9.97 Å². The molecule has 0 aliphatic carbocycles. The molecule has 5 nitrogen and oxygen atoms in total. The molecule has 76 valence electrons. The molecule has 0 aliphatic heterocycles. The van der Waals surface area contributed by atoms with Gasteiger partial charge in [0.05, 0.1) is 6.61 Å². The molecule has 0 N–H and O–H groups in total. The van der Waals surface area contributed by atoms with Crippen LogP contribution in [0.3, 0.4) is 0 Å². The molecule has 0 radical (unpaired) electrons. The molecule has 0 spiro atoms. The van der Waals surface area contributed by atoms with Gasteiger partial charge in [-0.05, 0) is 6.42 Å². The lowest BCUT2D eigenvalue weighted by Crippen LogP contribution is -2.03. The van der Waals surface area contributed by atoms with Crippen molar-refractivity contribution in [3.05, 3.63) is 16.5 Å². The summed E-state index contributed by atoms with van der Waals surface area (Å²) in [7, 11) is 0. The first-order valence-electron chi connectivity index (χ1n) is 4.23. The lowest BCUT2D eigenvalue weighted by atomic mass is 10.3. The van der Waals surface area contributed by atoms with Gasteiger partial charge in [0.15, 0.2) is 16.5 Å². The van der Waals surface area contributed by atoms with Crippen molar-refractivity contribution in [3.8, 4) is 18.0 Å². The topological polar surface area (TPSA) is 82.6 Å². The summed E-state index contributed by atoms with van der Waals surface area (Å²) in [5.41, 5.74) is -0.167. The Morgan fingerprint density at radius 3 is 2.40 bits per heavy atom. The van der Waals surface area contributed by atoms with E-state index in [4.69, 9.17) is 26.9 Å². The molecule has 0 aliphatic rings. The van der Waals surface area contributed by atoms with E-state index in [0.29, 0.717) is 6.61 Å². The van der Waals surface area contributed by atoms with E-state index >= 15 is 0 Å². The fourth-order valence-electron chi connectivity index (χ4n) is 0.846. The smallest absolute Gasteiger partial charge is 0.253 e. The van der Waals surface area contributed by atoms with Crippen LogP contribution in [0.1, 0.15) is 24.7 Å². The van der Waals surface area contributed by atoms with Crippen molar-refractivity contribution < 1.29 is 4.74 Å². The zero-order valence-corrected chi connectivity index (χ0v) is 8.75. The van der Waals surface area contributed by atoms with Crippen LogP contribution < -0.4 is 4.74 Å².